The second-order valence-electron chi connectivity index (χ2n) is 3.79. The number of nitrogens with zero attached hydrogens (tertiary/aromatic N) is 1. The van der Waals surface area contributed by atoms with Gasteiger partial charge in [-0.1, -0.05) is 30.3 Å². The minimum atomic E-state index is -1.11. The molecule has 0 saturated heterocycles. The molecule has 1 atom stereocenters. The van der Waals surface area contributed by atoms with Gasteiger partial charge < -0.3 is 14.3 Å². The number of benzene rings is 1. The molecule has 1 N–H and O–H groups in total. The van der Waals surface area contributed by atoms with Gasteiger partial charge in [-0.2, -0.15) is 0 Å². The molecule has 0 aliphatic carbocycles. The molecule has 1 unspecified atom stereocenters. The maximum absolute atomic E-state index is 10.9. The van der Waals surface area contributed by atoms with Crippen molar-refractivity contribution in [2.24, 2.45) is 0 Å². The van der Waals surface area contributed by atoms with Crippen molar-refractivity contribution in [2.45, 2.75) is 13.0 Å². The van der Waals surface area contributed by atoms with Crippen molar-refractivity contribution in [3.63, 3.8) is 0 Å². The normalized spacial score (nSPS) is 12.3. The number of hydrogen-bond acceptors (Lipinski definition) is 4. The third-order valence-corrected chi connectivity index (χ3v) is 2.58. The molecular weight excluding hydrogens is 234 g/mol. The van der Waals surface area contributed by atoms with Crippen LogP contribution in [-0.4, -0.2) is 23.2 Å². The SMILES string of the molecule is COC(c1ccccc1)c1nc(C(=O)O)c(C)o1. The van der Waals surface area contributed by atoms with Crippen molar-refractivity contribution in [3.8, 4) is 0 Å². The Bertz CT molecular complexity index is 547. The number of rotatable bonds is 4. The highest BCUT2D eigenvalue weighted by molar-refractivity contribution is 5.86. The van der Waals surface area contributed by atoms with Gasteiger partial charge in [0.1, 0.15) is 5.76 Å². The van der Waals surface area contributed by atoms with Gasteiger partial charge in [0.05, 0.1) is 0 Å². The summed E-state index contributed by atoms with van der Waals surface area (Å²) in [5.74, 6) is -0.584. The van der Waals surface area contributed by atoms with Crippen LogP contribution in [-0.2, 0) is 4.74 Å². The first-order valence-electron chi connectivity index (χ1n) is 5.42. The third kappa shape index (κ3) is 2.26. The van der Waals surface area contributed by atoms with Crippen molar-refractivity contribution in [1.82, 2.24) is 4.98 Å². The summed E-state index contributed by atoms with van der Waals surface area (Å²) in [4.78, 5) is 14.9. The molecule has 94 valence electrons. The molecule has 2 aromatic rings. The summed E-state index contributed by atoms with van der Waals surface area (Å²) in [5.41, 5.74) is 0.779. The number of carboxylic acids is 1. The van der Waals surface area contributed by atoms with Crippen LogP contribution < -0.4 is 0 Å². The molecule has 0 fully saturated rings. The van der Waals surface area contributed by atoms with E-state index in [1.165, 1.54) is 7.11 Å². The maximum Gasteiger partial charge on any atom is 0.358 e. The first-order valence-corrected chi connectivity index (χ1v) is 5.42. The molecule has 1 aromatic carbocycles. The summed E-state index contributed by atoms with van der Waals surface area (Å²) >= 11 is 0. The van der Waals surface area contributed by atoms with Gasteiger partial charge in [0.15, 0.2) is 11.8 Å². The average Bonchev–Trinajstić information content (AvgIpc) is 2.74. The van der Waals surface area contributed by atoms with Crippen molar-refractivity contribution >= 4 is 5.97 Å². The van der Waals surface area contributed by atoms with Crippen LogP contribution >= 0.6 is 0 Å². The van der Waals surface area contributed by atoms with Crippen molar-refractivity contribution in [3.05, 3.63) is 53.2 Å². The predicted molar refractivity (Wildman–Crippen MR) is 63.5 cm³/mol. The number of aromatic carboxylic acids is 1. The quantitative estimate of drug-likeness (QED) is 0.898. The van der Waals surface area contributed by atoms with Gasteiger partial charge in [0.25, 0.3) is 0 Å². The van der Waals surface area contributed by atoms with E-state index in [0.29, 0.717) is 0 Å². The lowest BCUT2D eigenvalue weighted by atomic mass is 10.1. The summed E-state index contributed by atoms with van der Waals surface area (Å²) in [7, 11) is 1.53. The van der Waals surface area contributed by atoms with Gasteiger partial charge in [0.2, 0.25) is 5.89 Å². The summed E-state index contributed by atoms with van der Waals surface area (Å²) < 4.78 is 10.7. The minimum absolute atomic E-state index is 0.0806. The molecule has 5 nitrogen and oxygen atoms in total. The van der Waals surface area contributed by atoms with E-state index in [1.54, 1.807) is 6.92 Å². The van der Waals surface area contributed by atoms with E-state index in [9.17, 15) is 4.79 Å². The summed E-state index contributed by atoms with van der Waals surface area (Å²) in [6.45, 7) is 1.57. The number of ether oxygens (including phenoxy) is 1. The number of carboxylic acid groups (broad SMARTS) is 1. The Balaban J connectivity index is 2.40. The highest BCUT2D eigenvalue weighted by Crippen LogP contribution is 2.26. The first-order chi connectivity index (χ1) is 8.63. The van der Waals surface area contributed by atoms with Crippen LogP contribution in [0.2, 0.25) is 0 Å². The van der Waals surface area contributed by atoms with Crippen LogP contribution in [0, 0.1) is 6.92 Å². The number of oxazole rings is 1. The fraction of sp³-hybridized carbons (Fsp3) is 0.231. The van der Waals surface area contributed by atoms with E-state index in [0.717, 1.165) is 5.56 Å². The van der Waals surface area contributed by atoms with Crippen LogP contribution in [0.1, 0.15) is 33.8 Å². The third-order valence-electron chi connectivity index (χ3n) is 2.58. The number of carbonyl (C=O) groups is 1. The molecular formula is C13H13NO4. The van der Waals surface area contributed by atoms with Gasteiger partial charge >= 0.3 is 5.97 Å². The van der Waals surface area contributed by atoms with E-state index >= 15 is 0 Å². The molecule has 0 spiro atoms. The first kappa shape index (κ1) is 12.3. The fourth-order valence-electron chi connectivity index (χ4n) is 1.73. The molecule has 0 aliphatic heterocycles. The van der Waals surface area contributed by atoms with E-state index in [4.69, 9.17) is 14.3 Å². The molecule has 0 amide bonds. The Morgan fingerprint density at radius 3 is 2.56 bits per heavy atom. The average molecular weight is 247 g/mol. The second kappa shape index (κ2) is 5.01. The molecule has 0 radical (unpaired) electrons. The summed E-state index contributed by atoms with van der Waals surface area (Å²) in [5, 5.41) is 8.94. The molecule has 0 bridgehead atoms. The Kier molecular flexibility index (Phi) is 3.43. The summed E-state index contributed by atoms with van der Waals surface area (Å²) in [6.07, 6.45) is -0.502. The largest absolute Gasteiger partial charge is 0.476 e. The zero-order valence-electron chi connectivity index (χ0n) is 10.1. The fourth-order valence-corrected chi connectivity index (χ4v) is 1.73. The van der Waals surface area contributed by atoms with Crippen LogP contribution in [0.4, 0.5) is 0 Å². The number of aromatic nitrogens is 1. The van der Waals surface area contributed by atoms with Crippen LogP contribution in [0.25, 0.3) is 0 Å². The smallest absolute Gasteiger partial charge is 0.358 e. The van der Waals surface area contributed by atoms with Gasteiger partial charge in [-0.25, -0.2) is 9.78 Å². The van der Waals surface area contributed by atoms with Gasteiger partial charge in [-0.05, 0) is 12.5 Å². The Morgan fingerprint density at radius 1 is 1.39 bits per heavy atom. The molecule has 1 aromatic heterocycles. The van der Waals surface area contributed by atoms with Crippen molar-refractivity contribution in [1.29, 1.82) is 0 Å². The van der Waals surface area contributed by atoms with Crippen molar-refractivity contribution < 1.29 is 19.1 Å². The van der Waals surface area contributed by atoms with Gasteiger partial charge in [0, 0.05) is 7.11 Å². The second-order valence-corrected chi connectivity index (χ2v) is 3.79. The molecule has 0 saturated carbocycles. The number of methoxy groups -OCH3 is 1. The predicted octanol–water partition coefficient (Wildman–Crippen LogP) is 2.42. The molecule has 1 heterocycles. The molecule has 5 heteroatoms. The van der Waals surface area contributed by atoms with Crippen LogP contribution in [0.15, 0.2) is 34.7 Å². The standard InChI is InChI=1S/C13H13NO4/c1-8-10(13(15)16)14-12(18-8)11(17-2)9-6-4-3-5-7-9/h3-7,11H,1-2H3,(H,15,16). The van der Waals surface area contributed by atoms with E-state index in [2.05, 4.69) is 4.98 Å². The topological polar surface area (TPSA) is 72.6 Å². The Morgan fingerprint density at radius 2 is 2.06 bits per heavy atom. The van der Waals surface area contributed by atoms with Gasteiger partial charge in [-0.15, -0.1) is 0 Å². The lowest BCUT2D eigenvalue weighted by Gasteiger charge is -2.11. The Hall–Kier alpha value is -2.14. The lowest BCUT2D eigenvalue weighted by Crippen LogP contribution is -2.05. The molecule has 18 heavy (non-hydrogen) atoms. The van der Waals surface area contributed by atoms with Crippen molar-refractivity contribution in [2.75, 3.05) is 7.11 Å². The zero-order valence-corrected chi connectivity index (χ0v) is 10.1. The monoisotopic (exact) mass is 247 g/mol. The number of hydrogen-bond donors (Lipinski definition) is 1. The van der Waals surface area contributed by atoms with Crippen LogP contribution in [0.5, 0.6) is 0 Å². The molecule has 2 rings (SSSR count). The van der Waals surface area contributed by atoms with E-state index < -0.39 is 12.1 Å². The summed E-state index contributed by atoms with van der Waals surface area (Å²) in [6, 6.07) is 9.37. The van der Waals surface area contributed by atoms with Gasteiger partial charge in [-0.3, -0.25) is 0 Å². The highest BCUT2D eigenvalue weighted by Gasteiger charge is 2.23. The highest BCUT2D eigenvalue weighted by atomic mass is 16.5. The van der Waals surface area contributed by atoms with E-state index in [1.807, 2.05) is 30.3 Å². The van der Waals surface area contributed by atoms with E-state index in [-0.39, 0.29) is 17.3 Å². The molecule has 0 aliphatic rings. The lowest BCUT2D eigenvalue weighted by molar-refractivity contribution is 0.0689. The maximum atomic E-state index is 10.9. The number of aryl methyl sites for hydroxylation is 1. The van der Waals surface area contributed by atoms with Crippen LogP contribution in [0.3, 0.4) is 0 Å². The zero-order chi connectivity index (χ0) is 13.1. The Labute approximate surface area is 104 Å². The minimum Gasteiger partial charge on any atom is -0.476 e.